The third-order valence-electron chi connectivity index (χ3n) is 4.78. The standard InChI is InChI=1S/C15H29NO2/c1-2-9-17-10-11-18-14-12-13(16)15(14)7-5-3-4-6-8-15/h13-14H,2-12,16H2,1H3. The van der Waals surface area contributed by atoms with Crippen molar-refractivity contribution in [2.24, 2.45) is 11.1 Å². The summed E-state index contributed by atoms with van der Waals surface area (Å²) in [5, 5.41) is 0. The highest BCUT2D eigenvalue weighted by molar-refractivity contribution is 5.06. The van der Waals surface area contributed by atoms with Crippen LogP contribution in [0, 0.1) is 5.41 Å². The summed E-state index contributed by atoms with van der Waals surface area (Å²) >= 11 is 0. The summed E-state index contributed by atoms with van der Waals surface area (Å²) in [6.07, 6.45) is 10.5. The molecule has 0 radical (unpaired) electrons. The predicted octanol–water partition coefficient (Wildman–Crippen LogP) is 2.87. The van der Waals surface area contributed by atoms with Crippen molar-refractivity contribution in [1.29, 1.82) is 0 Å². The van der Waals surface area contributed by atoms with Crippen LogP contribution in [0.2, 0.25) is 0 Å². The number of nitrogens with two attached hydrogens (primary N) is 1. The predicted molar refractivity (Wildman–Crippen MR) is 73.6 cm³/mol. The first-order valence-electron chi connectivity index (χ1n) is 7.74. The molecule has 2 fully saturated rings. The minimum absolute atomic E-state index is 0.307. The molecule has 2 atom stereocenters. The largest absolute Gasteiger partial charge is 0.379 e. The Balaban J connectivity index is 1.74. The first-order valence-corrected chi connectivity index (χ1v) is 7.74. The molecule has 18 heavy (non-hydrogen) atoms. The lowest BCUT2D eigenvalue weighted by Crippen LogP contribution is -2.62. The van der Waals surface area contributed by atoms with Crippen LogP contribution in [0.15, 0.2) is 0 Å². The molecule has 2 saturated carbocycles. The number of rotatable bonds is 6. The summed E-state index contributed by atoms with van der Waals surface area (Å²) in [5.74, 6) is 0. The molecule has 3 heteroatoms. The van der Waals surface area contributed by atoms with Crippen LogP contribution < -0.4 is 5.73 Å². The molecule has 0 aromatic heterocycles. The van der Waals surface area contributed by atoms with Crippen LogP contribution in [0.5, 0.6) is 0 Å². The minimum Gasteiger partial charge on any atom is -0.379 e. The van der Waals surface area contributed by atoms with Gasteiger partial charge in [0.2, 0.25) is 0 Å². The van der Waals surface area contributed by atoms with Gasteiger partial charge < -0.3 is 15.2 Å². The van der Waals surface area contributed by atoms with Crippen molar-refractivity contribution in [3.05, 3.63) is 0 Å². The van der Waals surface area contributed by atoms with Crippen molar-refractivity contribution in [2.45, 2.75) is 70.4 Å². The Kier molecular flexibility index (Phi) is 5.46. The van der Waals surface area contributed by atoms with E-state index in [4.69, 9.17) is 15.2 Å². The zero-order valence-corrected chi connectivity index (χ0v) is 11.8. The topological polar surface area (TPSA) is 44.5 Å². The van der Waals surface area contributed by atoms with Crippen LogP contribution in [-0.2, 0) is 9.47 Å². The molecule has 106 valence electrons. The zero-order valence-electron chi connectivity index (χ0n) is 11.8. The van der Waals surface area contributed by atoms with Gasteiger partial charge in [0.25, 0.3) is 0 Å². The molecule has 2 aliphatic carbocycles. The van der Waals surface area contributed by atoms with Crippen molar-refractivity contribution in [3.63, 3.8) is 0 Å². The number of hydrogen-bond donors (Lipinski definition) is 1. The quantitative estimate of drug-likeness (QED) is 0.742. The summed E-state index contributed by atoms with van der Waals surface area (Å²) < 4.78 is 11.5. The first-order chi connectivity index (χ1) is 8.79. The van der Waals surface area contributed by atoms with Crippen LogP contribution in [-0.4, -0.2) is 32.0 Å². The van der Waals surface area contributed by atoms with Gasteiger partial charge in [0.15, 0.2) is 0 Å². The molecule has 2 aliphatic rings. The second-order valence-corrected chi connectivity index (χ2v) is 5.96. The van der Waals surface area contributed by atoms with Gasteiger partial charge >= 0.3 is 0 Å². The van der Waals surface area contributed by atoms with E-state index in [2.05, 4.69) is 6.92 Å². The summed E-state index contributed by atoms with van der Waals surface area (Å²) in [6.45, 7) is 4.44. The lowest BCUT2D eigenvalue weighted by molar-refractivity contribution is -0.142. The zero-order chi connectivity index (χ0) is 12.8. The van der Waals surface area contributed by atoms with Gasteiger partial charge in [-0.2, -0.15) is 0 Å². The molecule has 0 bridgehead atoms. The molecule has 0 heterocycles. The second kappa shape index (κ2) is 6.88. The van der Waals surface area contributed by atoms with Crippen molar-refractivity contribution < 1.29 is 9.47 Å². The molecule has 2 unspecified atom stereocenters. The fourth-order valence-electron chi connectivity index (χ4n) is 3.59. The van der Waals surface area contributed by atoms with Crippen molar-refractivity contribution >= 4 is 0 Å². The highest BCUT2D eigenvalue weighted by atomic mass is 16.5. The molecule has 1 spiro atoms. The molecule has 0 aromatic rings. The van der Waals surface area contributed by atoms with E-state index in [1.54, 1.807) is 0 Å². The van der Waals surface area contributed by atoms with E-state index in [0.717, 1.165) is 32.7 Å². The monoisotopic (exact) mass is 255 g/mol. The maximum Gasteiger partial charge on any atom is 0.0704 e. The molecule has 0 amide bonds. The Morgan fingerprint density at radius 1 is 1.06 bits per heavy atom. The maximum atomic E-state index is 6.29. The van der Waals surface area contributed by atoms with Crippen LogP contribution in [0.25, 0.3) is 0 Å². The van der Waals surface area contributed by atoms with E-state index in [1.807, 2.05) is 0 Å². The van der Waals surface area contributed by atoms with Crippen LogP contribution >= 0.6 is 0 Å². The van der Waals surface area contributed by atoms with Gasteiger partial charge in [-0.25, -0.2) is 0 Å². The van der Waals surface area contributed by atoms with E-state index in [9.17, 15) is 0 Å². The van der Waals surface area contributed by atoms with E-state index in [0.29, 0.717) is 17.6 Å². The molecule has 0 saturated heterocycles. The van der Waals surface area contributed by atoms with Gasteiger partial charge in [0.05, 0.1) is 19.3 Å². The molecule has 0 aromatic carbocycles. The molecule has 3 nitrogen and oxygen atoms in total. The SMILES string of the molecule is CCCOCCOC1CC(N)C12CCCCCC2. The van der Waals surface area contributed by atoms with Gasteiger partial charge in [-0.1, -0.05) is 32.6 Å². The van der Waals surface area contributed by atoms with Gasteiger partial charge in [-0.15, -0.1) is 0 Å². The summed E-state index contributed by atoms with van der Waals surface area (Å²) in [5.41, 5.74) is 6.60. The Hall–Kier alpha value is -0.120. The van der Waals surface area contributed by atoms with Gasteiger partial charge in [-0.05, 0) is 25.7 Å². The lowest BCUT2D eigenvalue weighted by Gasteiger charge is -2.54. The third-order valence-corrected chi connectivity index (χ3v) is 4.78. The molecular formula is C15H29NO2. The first kappa shape index (κ1) is 14.3. The van der Waals surface area contributed by atoms with E-state index < -0.39 is 0 Å². The smallest absolute Gasteiger partial charge is 0.0704 e. The molecule has 2 N–H and O–H groups in total. The van der Waals surface area contributed by atoms with Gasteiger partial charge in [0.1, 0.15) is 0 Å². The van der Waals surface area contributed by atoms with Crippen LogP contribution in [0.3, 0.4) is 0 Å². The van der Waals surface area contributed by atoms with Crippen molar-refractivity contribution in [1.82, 2.24) is 0 Å². The lowest BCUT2D eigenvalue weighted by atomic mass is 9.58. The van der Waals surface area contributed by atoms with Crippen LogP contribution in [0.1, 0.15) is 58.3 Å². The second-order valence-electron chi connectivity index (χ2n) is 5.96. The van der Waals surface area contributed by atoms with E-state index >= 15 is 0 Å². The summed E-state index contributed by atoms with van der Waals surface area (Å²) in [6, 6.07) is 0.372. The van der Waals surface area contributed by atoms with Crippen molar-refractivity contribution in [2.75, 3.05) is 19.8 Å². The number of ether oxygens (including phenoxy) is 2. The van der Waals surface area contributed by atoms with Crippen molar-refractivity contribution in [3.8, 4) is 0 Å². The van der Waals surface area contributed by atoms with E-state index in [1.165, 1.54) is 38.5 Å². The van der Waals surface area contributed by atoms with Gasteiger partial charge in [0, 0.05) is 18.1 Å². The highest BCUT2D eigenvalue weighted by Crippen LogP contribution is 2.51. The molecular weight excluding hydrogens is 226 g/mol. The fourth-order valence-corrected chi connectivity index (χ4v) is 3.59. The summed E-state index contributed by atoms with van der Waals surface area (Å²) in [4.78, 5) is 0. The Bertz CT molecular complexity index is 237. The molecule has 2 rings (SSSR count). The minimum atomic E-state index is 0.307. The highest BCUT2D eigenvalue weighted by Gasteiger charge is 2.53. The average Bonchev–Trinajstić information content (AvgIpc) is 2.65. The Morgan fingerprint density at radius 2 is 1.78 bits per heavy atom. The normalized spacial score (nSPS) is 31.0. The average molecular weight is 255 g/mol. The number of hydrogen-bond acceptors (Lipinski definition) is 3. The molecule has 0 aliphatic heterocycles. The van der Waals surface area contributed by atoms with E-state index in [-0.39, 0.29) is 0 Å². The van der Waals surface area contributed by atoms with Gasteiger partial charge in [-0.3, -0.25) is 0 Å². The van der Waals surface area contributed by atoms with Crippen LogP contribution in [0.4, 0.5) is 0 Å². The fraction of sp³-hybridized carbons (Fsp3) is 1.00. The Labute approximate surface area is 111 Å². The Morgan fingerprint density at radius 3 is 2.39 bits per heavy atom. The maximum absolute atomic E-state index is 6.29. The third kappa shape index (κ3) is 3.06. The summed E-state index contributed by atoms with van der Waals surface area (Å²) in [7, 11) is 0.